The number of hydrogen-bond acceptors (Lipinski definition) is 1. The number of hydrogen-bond donors (Lipinski definition) is 1. The van der Waals surface area contributed by atoms with Crippen LogP contribution in [0.4, 0.5) is 0 Å². The molecular formula is C13H23N2S. The van der Waals surface area contributed by atoms with Crippen LogP contribution in [0.25, 0.3) is 0 Å². The normalized spacial score (nSPS) is 24.4. The first-order valence-corrected chi connectivity index (χ1v) is 7.05. The first-order chi connectivity index (χ1) is 7.75. The van der Waals surface area contributed by atoms with E-state index in [4.69, 9.17) is 12.2 Å². The number of thiocarbonyl (C=S) groups is 1. The van der Waals surface area contributed by atoms with Crippen LogP contribution in [0.1, 0.15) is 44.9 Å². The average Bonchev–Trinajstić information content (AvgIpc) is 2.31. The summed E-state index contributed by atoms with van der Waals surface area (Å²) in [5.41, 5.74) is 0. The summed E-state index contributed by atoms with van der Waals surface area (Å²) in [4.78, 5) is 2.33. The zero-order valence-corrected chi connectivity index (χ0v) is 10.9. The van der Waals surface area contributed by atoms with Crippen molar-refractivity contribution >= 4 is 17.3 Å². The molecular weight excluding hydrogens is 216 g/mol. The van der Waals surface area contributed by atoms with Crippen molar-refractivity contribution < 1.29 is 0 Å². The molecule has 0 aromatic heterocycles. The van der Waals surface area contributed by atoms with Crippen LogP contribution >= 0.6 is 12.2 Å². The summed E-state index contributed by atoms with van der Waals surface area (Å²) in [5.74, 6) is 0.633. The minimum absolute atomic E-state index is 0.633. The average molecular weight is 239 g/mol. The molecule has 0 bridgehead atoms. The van der Waals surface area contributed by atoms with Crippen molar-refractivity contribution in [2.45, 2.75) is 51.0 Å². The van der Waals surface area contributed by atoms with Crippen LogP contribution in [-0.2, 0) is 0 Å². The highest BCUT2D eigenvalue weighted by Crippen LogP contribution is 2.19. The Bertz CT molecular complexity index is 228. The van der Waals surface area contributed by atoms with Crippen LogP contribution in [0.3, 0.4) is 0 Å². The zero-order valence-electron chi connectivity index (χ0n) is 10.1. The Morgan fingerprint density at radius 2 is 1.69 bits per heavy atom. The standard InChI is InChI=1S/C13H23N2S/c1-11-7-9-15(10-8-11)13(16)14-12-5-3-2-4-6-12/h11-12H,1-10H2,(H,14,16). The second kappa shape index (κ2) is 5.85. The number of likely N-dealkylation sites (tertiary alicyclic amines) is 1. The Morgan fingerprint density at radius 1 is 1.06 bits per heavy atom. The van der Waals surface area contributed by atoms with Crippen molar-refractivity contribution in [3.63, 3.8) is 0 Å². The van der Waals surface area contributed by atoms with Gasteiger partial charge in [-0.2, -0.15) is 0 Å². The molecule has 1 saturated heterocycles. The maximum Gasteiger partial charge on any atom is 0.169 e. The Kier molecular flexibility index (Phi) is 4.45. The van der Waals surface area contributed by atoms with Gasteiger partial charge in [0.2, 0.25) is 0 Å². The maximum atomic E-state index is 5.49. The summed E-state index contributed by atoms with van der Waals surface area (Å²) < 4.78 is 0. The molecule has 2 nitrogen and oxygen atoms in total. The van der Waals surface area contributed by atoms with Crippen molar-refractivity contribution in [2.24, 2.45) is 5.92 Å². The van der Waals surface area contributed by atoms with E-state index >= 15 is 0 Å². The van der Waals surface area contributed by atoms with E-state index in [9.17, 15) is 0 Å². The predicted octanol–water partition coefficient (Wildman–Crippen LogP) is 2.74. The van der Waals surface area contributed by atoms with E-state index in [1.54, 1.807) is 0 Å². The fraction of sp³-hybridized carbons (Fsp3) is 0.846. The molecule has 2 rings (SSSR count). The van der Waals surface area contributed by atoms with Gasteiger partial charge in [-0.3, -0.25) is 0 Å². The molecule has 0 amide bonds. The molecule has 1 aliphatic carbocycles. The molecule has 0 unspecified atom stereocenters. The van der Waals surface area contributed by atoms with Gasteiger partial charge in [0.05, 0.1) is 0 Å². The van der Waals surface area contributed by atoms with Gasteiger partial charge < -0.3 is 10.2 Å². The Balaban J connectivity index is 1.74. The van der Waals surface area contributed by atoms with Crippen LogP contribution in [0.15, 0.2) is 0 Å². The van der Waals surface area contributed by atoms with Crippen molar-refractivity contribution in [2.75, 3.05) is 13.1 Å². The van der Waals surface area contributed by atoms with Gasteiger partial charge in [0, 0.05) is 19.1 Å². The van der Waals surface area contributed by atoms with Crippen LogP contribution in [-0.4, -0.2) is 29.1 Å². The van der Waals surface area contributed by atoms with Crippen LogP contribution in [0.5, 0.6) is 0 Å². The van der Waals surface area contributed by atoms with E-state index in [1.165, 1.54) is 44.9 Å². The molecule has 91 valence electrons. The van der Waals surface area contributed by atoms with Gasteiger partial charge in [0.1, 0.15) is 0 Å². The molecule has 3 heteroatoms. The van der Waals surface area contributed by atoms with Crippen LogP contribution in [0.2, 0.25) is 0 Å². The SMILES string of the molecule is [CH2]C1CCN(C(=S)NC2CCCCC2)CC1. The Labute approximate surface area is 105 Å². The van der Waals surface area contributed by atoms with E-state index < -0.39 is 0 Å². The largest absolute Gasteiger partial charge is 0.360 e. The van der Waals surface area contributed by atoms with E-state index in [1.807, 2.05) is 0 Å². The summed E-state index contributed by atoms with van der Waals surface area (Å²) in [6, 6.07) is 0.638. The molecule has 1 saturated carbocycles. The van der Waals surface area contributed by atoms with E-state index in [0.29, 0.717) is 12.0 Å². The van der Waals surface area contributed by atoms with Gasteiger partial charge in [0.25, 0.3) is 0 Å². The number of piperidine rings is 1. The van der Waals surface area contributed by atoms with E-state index in [-0.39, 0.29) is 0 Å². The first kappa shape index (κ1) is 12.2. The fourth-order valence-electron chi connectivity index (χ4n) is 2.65. The zero-order chi connectivity index (χ0) is 11.4. The number of nitrogens with one attached hydrogen (secondary N) is 1. The minimum atomic E-state index is 0.633. The molecule has 16 heavy (non-hydrogen) atoms. The summed E-state index contributed by atoms with van der Waals surface area (Å²) in [5, 5.41) is 4.53. The van der Waals surface area contributed by atoms with Crippen molar-refractivity contribution in [3.05, 3.63) is 6.92 Å². The molecule has 0 spiro atoms. The Morgan fingerprint density at radius 3 is 2.31 bits per heavy atom. The van der Waals surface area contributed by atoms with E-state index in [0.717, 1.165) is 18.2 Å². The van der Waals surface area contributed by atoms with Crippen molar-refractivity contribution in [1.29, 1.82) is 0 Å². The van der Waals surface area contributed by atoms with Gasteiger partial charge in [-0.25, -0.2) is 0 Å². The molecule has 2 aliphatic rings. The molecule has 1 radical (unpaired) electrons. The van der Waals surface area contributed by atoms with Crippen molar-refractivity contribution in [1.82, 2.24) is 10.2 Å². The highest BCUT2D eigenvalue weighted by Gasteiger charge is 2.20. The Hall–Kier alpha value is -0.310. The highest BCUT2D eigenvalue weighted by molar-refractivity contribution is 7.80. The van der Waals surface area contributed by atoms with Crippen LogP contribution < -0.4 is 5.32 Å². The third-order valence-electron chi connectivity index (χ3n) is 3.83. The lowest BCUT2D eigenvalue weighted by Gasteiger charge is -2.35. The predicted molar refractivity (Wildman–Crippen MR) is 72.3 cm³/mol. The lowest BCUT2D eigenvalue weighted by atomic mass is 9.95. The second-order valence-electron chi connectivity index (χ2n) is 5.21. The molecule has 1 N–H and O–H groups in total. The minimum Gasteiger partial charge on any atom is -0.360 e. The van der Waals surface area contributed by atoms with Gasteiger partial charge >= 0.3 is 0 Å². The van der Waals surface area contributed by atoms with Gasteiger partial charge in [-0.15, -0.1) is 0 Å². The van der Waals surface area contributed by atoms with Crippen molar-refractivity contribution in [3.8, 4) is 0 Å². The number of nitrogens with zero attached hydrogens (tertiary/aromatic N) is 1. The smallest absolute Gasteiger partial charge is 0.169 e. The van der Waals surface area contributed by atoms with Gasteiger partial charge in [0.15, 0.2) is 5.11 Å². The summed E-state index contributed by atoms with van der Waals surface area (Å²) >= 11 is 5.49. The second-order valence-corrected chi connectivity index (χ2v) is 5.60. The van der Waals surface area contributed by atoms with E-state index in [2.05, 4.69) is 17.1 Å². The summed E-state index contributed by atoms with van der Waals surface area (Å²) in [6.07, 6.45) is 9.09. The molecule has 1 heterocycles. The topological polar surface area (TPSA) is 15.3 Å². The molecule has 2 fully saturated rings. The molecule has 0 atom stereocenters. The van der Waals surface area contributed by atoms with Gasteiger partial charge in [-0.05, 0) is 43.8 Å². The summed E-state index contributed by atoms with van der Waals surface area (Å²) in [7, 11) is 0. The monoisotopic (exact) mass is 239 g/mol. The third-order valence-corrected chi connectivity index (χ3v) is 4.21. The van der Waals surface area contributed by atoms with Gasteiger partial charge in [-0.1, -0.05) is 26.2 Å². The molecule has 0 aromatic carbocycles. The fourth-order valence-corrected chi connectivity index (χ4v) is 3.00. The van der Waals surface area contributed by atoms with Crippen LogP contribution in [0, 0.1) is 12.8 Å². The lowest BCUT2D eigenvalue weighted by molar-refractivity contribution is 0.287. The lowest BCUT2D eigenvalue weighted by Crippen LogP contribution is -2.47. The molecule has 1 aliphatic heterocycles. The quantitative estimate of drug-likeness (QED) is 0.708. The molecule has 0 aromatic rings. The highest BCUT2D eigenvalue weighted by atomic mass is 32.1. The number of rotatable bonds is 1. The maximum absolute atomic E-state index is 5.49. The summed E-state index contributed by atoms with van der Waals surface area (Å²) in [6.45, 7) is 6.30. The third kappa shape index (κ3) is 3.34. The first-order valence-electron chi connectivity index (χ1n) is 6.64.